The number of halogens is 1. The maximum atomic E-state index is 14.7. The summed E-state index contributed by atoms with van der Waals surface area (Å²) in [5, 5.41) is 12.9. The molecule has 1 fully saturated rings. The van der Waals surface area contributed by atoms with Gasteiger partial charge in [-0.05, 0) is 28.9 Å². The van der Waals surface area contributed by atoms with Crippen LogP contribution in [0.3, 0.4) is 0 Å². The van der Waals surface area contributed by atoms with Crippen molar-refractivity contribution in [3.05, 3.63) is 32.1 Å². The van der Waals surface area contributed by atoms with Gasteiger partial charge in [-0.2, -0.15) is 8.62 Å². The fourth-order valence-corrected chi connectivity index (χ4v) is 5.86. The summed E-state index contributed by atoms with van der Waals surface area (Å²) >= 11 is 9.74. The number of aliphatic hydroxyl groups is 1. The van der Waals surface area contributed by atoms with Gasteiger partial charge in [0.15, 0.2) is 23.3 Å². The number of ether oxygens (including phenoxy) is 1. The van der Waals surface area contributed by atoms with Crippen LogP contribution in [0.4, 0.5) is 4.39 Å². The van der Waals surface area contributed by atoms with Gasteiger partial charge in [0.2, 0.25) is 0 Å². The van der Waals surface area contributed by atoms with E-state index in [0.29, 0.717) is 0 Å². The van der Waals surface area contributed by atoms with Crippen LogP contribution in [0.2, 0.25) is 0 Å². The van der Waals surface area contributed by atoms with Crippen molar-refractivity contribution in [1.29, 1.82) is 0 Å². The number of rotatable bonds is 8. The minimum atomic E-state index is -6.00. The van der Waals surface area contributed by atoms with E-state index in [0.717, 1.165) is 10.8 Å². The number of aliphatic hydroxyl groups excluding tert-OH is 1. The number of nitrogens with one attached hydrogen (secondary N) is 1. The number of phosphoric ester groups is 1. The zero-order valence-electron chi connectivity index (χ0n) is 14.3. The van der Waals surface area contributed by atoms with E-state index < -0.39 is 47.9 Å². The molecule has 3 unspecified atom stereocenters. The molecule has 31 heavy (non-hydrogen) atoms. The van der Waals surface area contributed by atoms with Gasteiger partial charge >= 0.3 is 23.5 Å². The van der Waals surface area contributed by atoms with Gasteiger partial charge in [0.1, 0.15) is 4.64 Å². The van der Waals surface area contributed by atoms with E-state index in [2.05, 4.69) is 28.2 Å². The van der Waals surface area contributed by atoms with Gasteiger partial charge in [0.05, 0.1) is 0 Å². The van der Waals surface area contributed by atoms with Crippen molar-refractivity contribution in [3.8, 4) is 0 Å². The summed E-state index contributed by atoms with van der Waals surface area (Å²) < 4.78 is 65.8. The predicted octanol–water partition coefficient (Wildman–Crippen LogP) is 1.81. The van der Waals surface area contributed by atoms with Crippen molar-refractivity contribution in [3.63, 3.8) is 0 Å². The monoisotopic (exact) mass is 545 g/mol. The largest absolute Gasteiger partial charge is 0.490 e. The molecule has 23 heteroatoms. The van der Waals surface area contributed by atoms with Gasteiger partial charge in [0, 0.05) is 11.1 Å². The lowest BCUT2D eigenvalue weighted by Gasteiger charge is -2.28. The Hall–Kier alpha value is -0.910. The van der Waals surface area contributed by atoms with E-state index in [4.69, 9.17) is 44.5 Å². The van der Waals surface area contributed by atoms with Crippen LogP contribution in [-0.4, -0.2) is 52.4 Å². The first-order valence-electron chi connectivity index (χ1n) is 7.23. The summed E-state index contributed by atoms with van der Waals surface area (Å²) in [6.45, 7) is 0. The summed E-state index contributed by atoms with van der Waals surface area (Å²) in [4.78, 5) is 40.5. The standard InChI is InChI=1S/C8H11FN5O12P3S2/c9-4-5(15)8(12-13-10,23-6(4)14-2-1-3(30)11-7(14)31)24-28(19,20)26-29(21,22)25-27(16,17)18/h1-2,4-6,15H,(H,19,20)(H,21,22)(H,11,30,31)(H2,16,17,18)/t4?,5-,6-,8+/m1/s1. The maximum Gasteiger partial charge on any atom is 0.490 e. The van der Waals surface area contributed by atoms with E-state index >= 15 is 0 Å². The molecule has 1 aliphatic heterocycles. The van der Waals surface area contributed by atoms with E-state index in [-0.39, 0.29) is 9.41 Å². The minimum absolute atomic E-state index is 0.129. The van der Waals surface area contributed by atoms with E-state index in [9.17, 15) is 33.0 Å². The zero-order valence-corrected chi connectivity index (χ0v) is 18.6. The number of H-pyrrole nitrogens is 1. The Labute approximate surface area is 180 Å². The number of aromatic nitrogens is 2. The Morgan fingerprint density at radius 3 is 2.39 bits per heavy atom. The fraction of sp³-hybridized carbons (Fsp3) is 0.500. The molecule has 0 radical (unpaired) electrons. The normalized spacial score (nSPS) is 30.2. The second-order valence-electron chi connectivity index (χ2n) is 5.42. The van der Waals surface area contributed by atoms with Crippen molar-refractivity contribution in [2.45, 2.75) is 24.4 Å². The van der Waals surface area contributed by atoms with Crippen LogP contribution < -0.4 is 0 Å². The Morgan fingerprint density at radius 1 is 1.26 bits per heavy atom. The number of alkyl halides is 1. The highest BCUT2D eigenvalue weighted by molar-refractivity contribution is 7.72. The molecule has 0 bridgehead atoms. The first-order chi connectivity index (χ1) is 14.0. The first-order valence-corrected chi connectivity index (χ1v) is 12.6. The van der Waals surface area contributed by atoms with Crippen LogP contribution in [0.25, 0.3) is 10.4 Å². The van der Waals surface area contributed by atoms with Crippen molar-refractivity contribution < 1.29 is 60.6 Å². The smallest absolute Gasteiger partial charge is 0.384 e. The highest BCUT2D eigenvalue weighted by Crippen LogP contribution is 2.68. The van der Waals surface area contributed by atoms with Crippen molar-refractivity contribution >= 4 is 47.9 Å². The first kappa shape index (κ1) is 26.3. The third-order valence-corrected chi connectivity index (χ3v) is 7.58. The molecule has 0 spiro atoms. The molecule has 174 valence electrons. The van der Waals surface area contributed by atoms with Gasteiger partial charge in [-0.3, -0.25) is 4.57 Å². The van der Waals surface area contributed by atoms with Gasteiger partial charge in [-0.15, -0.1) is 0 Å². The highest BCUT2D eigenvalue weighted by Gasteiger charge is 2.61. The van der Waals surface area contributed by atoms with Gasteiger partial charge in [-0.1, -0.05) is 12.2 Å². The molecule has 1 aromatic rings. The summed E-state index contributed by atoms with van der Waals surface area (Å²) in [6, 6.07) is 1.23. The van der Waals surface area contributed by atoms with Crippen LogP contribution in [0.5, 0.6) is 0 Å². The second-order valence-corrected chi connectivity index (χ2v) is 10.6. The second kappa shape index (κ2) is 9.15. The van der Waals surface area contributed by atoms with Crippen molar-refractivity contribution in [1.82, 2.24) is 9.55 Å². The predicted molar refractivity (Wildman–Crippen MR) is 98.3 cm³/mol. The number of azide groups is 1. The number of hydrogen-bond acceptors (Lipinski definition) is 11. The molecule has 0 aromatic carbocycles. The van der Waals surface area contributed by atoms with Gasteiger partial charge < -0.3 is 34.4 Å². The molecule has 1 saturated heterocycles. The molecular formula is C8H11FN5O12P3S2. The number of phosphoric acid groups is 3. The van der Waals surface area contributed by atoms with E-state index in [1.165, 1.54) is 6.07 Å². The SMILES string of the molecule is [N-]=[N+]=N[C@]1(OP(=O)(O)OP(=O)(O)OP(=O)(O)O)O[C@@H](n2ccc(=S)[nH]c2=S)C(F)[C@H]1O. The lowest BCUT2D eigenvalue weighted by molar-refractivity contribution is -0.222. The number of hydrogen-bond donors (Lipinski definition) is 6. The maximum absolute atomic E-state index is 14.7. The summed E-state index contributed by atoms with van der Waals surface area (Å²) in [5.41, 5.74) is 8.70. The van der Waals surface area contributed by atoms with Crippen molar-refractivity contribution in [2.24, 2.45) is 5.11 Å². The molecule has 6 N–H and O–H groups in total. The van der Waals surface area contributed by atoms with Crippen molar-refractivity contribution in [2.75, 3.05) is 0 Å². The molecule has 0 saturated carbocycles. The van der Waals surface area contributed by atoms with Crippen LogP contribution >= 0.6 is 47.9 Å². The van der Waals surface area contributed by atoms with Crippen LogP contribution in [0.1, 0.15) is 6.23 Å². The molecule has 1 aromatic heterocycles. The molecule has 6 atom stereocenters. The lowest BCUT2D eigenvalue weighted by atomic mass is 10.2. The fourth-order valence-electron chi connectivity index (χ4n) is 2.20. The topological polar surface area (TPSA) is 259 Å². The van der Waals surface area contributed by atoms with E-state index in [1.54, 1.807) is 0 Å². The minimum Gasteiger partial charge on any atom is -0.384 e. The average molecular weight is 545 g/mol. The van der Waals surface area contributed by atoms with Gasteiger partial charge in [-0.25, -0.2) is 22.6 Å². The molecule has 1 aliphatic rings. The van der Waals surface area contributed by atoms with E-state index in [1.807, 2.05) is 0 Å². The average Bonchev–Trinajstić information content (AvgIpc) is 2.76. The zero-order chi connectivity index (χ0) is 23.8. The van der Waals surface area contributed by atoms with Crippen LogP contribution in [0, 0.1) is 9.41 Å². The third kappa shape index (κ3) is 6.55. The number of aromatic amines is 1. The van der Waals surface area contributed by atoms with Crippen LogP contribution in [0.15, 0.2) is 17.4 Å². The Morgan fingerprint density at radius 2 is 1.87 bits per heavy atom. The molecular weight excluding hydrogens is 534 g/mol. The molecule has 2 heterocycles. The lowest BCUT2D eigenvalue weighted by Crippen LogP contribution is -2.42. The third-order valence-electron chi connectivity index (χ3n) is 3.21. The van der Waals surface area contributed by atoms with Gasteiger partial charge in [0.25, 0.3) is 5.91 Å². The quantitative estimate of drug-likeness (QED) is 0.0895. The number of nitrogens with zero attached hydrogens (tertiary/aromatic N) is 4. The molecule has 17 nitrogen and oxygen atoms in total. The molecule has 0 amide bonds. The Bertz CT molecular complexity index is 1170. The molecule has 2 rings (SSSR count). The summed E-state index contributed by atoms with van der Waals surface area (Å²) in [7, 11) is -17.7. The van der Waals surface area contributed by atoms with Crippen LogP contribution in [-0.2, 0) is 31.6 Å². The molecule has 0 aliphatic carbocycles. The Balaban J connectivity index is 2.41. The summed E-state index contributed by atoms with van der Waals surface area (Å²) in [6.07, 6.45) is -6.01. The summed E-state index contributed by atoms with van der Waals surface area (Å²) in [5.74, 6) is -3.37. The Kier molecular flexibility index (Phi) is 7.77. The highest BCUT2D eigenvalue weighted by atomic mass is 32.1.